The lowest BCUT2D eigenvalue weighted by Gasteiger charge is -2.31. The minimum absolute atomic E-state index is 0.200. The second kappa shape index (κ2) is 7.03. The number of rotatable bonds is 3. The molecule has 1 atom stereocenters. The number of hydrogen-bond acceptors (Lipinski definition) is 6. The molecule has 9 heteroatoms. The molecule has 4 rings (SSSR count). The normalized spacial score (nSPS) is 21.0. The van der Waals surface area contributed by atoms with Crippen molar-refractivity contribution >= 4 is 28.6 Å². The fourth-order valence-electron chi connectivity index (χ4n) is 3.58. The highest BCUT2D eigenvalue weighted by Crippen LogP contribution is 2.29. The maximum atomic E-state index is 6.21. The van der Waals surface area contributed by atoms with Crippen molar-refractivity contribution in [2.45, 2.75) is 13.0 Å². The Kier molecular flexibility index (Phi) is 4.77. The first kappa shape index (κ1) is 17.0. The summed E-state index contributed by atoms with van der Waals surface area (Å²) in [5.74, 6) is 1.80. The zero-order valence-corrected chi connectivity index (χ0v) is 15.4. The number of aromatic nitrogens is 4. The van der Waals surface area contributed by atoms with Crippen LogP contribution in [0, 0.1) is 0 Å². The van der Waals surface area contributed by atoms with Gasteiger partial charge in [-0.25, -0.2) is 10.3 Å². The summed E-state index contributed by atoms with van der Waals surface area (Å²) in [6, 6.07) is 0.200. The summed E-state index contributed by atoms with van der Waals surface area (Å²) >= 11 is 6.21. The fraction of sp³-hybridized carbons (Fsp3) is 0.688. The van der Waals surface area contributed by atoms with Crippen LogP contribution in [0.5, 0.6) is 0 Å². The van der Waals surface area contributed by atoms with Crippen LogP contribution in [0.2, 0.25) is 5.28 Å². The summed E-state index contributed by atoms with van der Waals surface area (Å²) in [6.07, 6.45) is 0. The highest BCUT2D eigenvalue weighted by atomic mass is 35.5. The molecule has 2 aliphatic rings. The molecular formula is C16H23ClN7O. The Morgan fingerprint density at radius 1 is 1.04 bits per heavy atom. The molecule has 25 heavy (non-hydrogen) atoms. The Morgan fingerprint density at radius 3 is 2.48 bits per heavy atom. The second-order valence-corrected chi connectivity index (χ2v) is 6.84. The van der Waals surface area contributed by atoms with Gasteiger partial charge < -0.3 is 14.2 Å². The van der Waals surface area contributed by atoms with Gasteiger partial charge in [-0.05, 0) is 18.5 Å². The van der Waals surface area contributed by atoms with Gasteiger partial charge in [0.1, 0.15) is 5.82 Å². The molecule has 1 radical (unpaired) electrons. The Morgan fingerprint density at radius 2 is 1.76 bits per heavy atom. The van der Waals surface area contributed by atoms with Crippen molar-refractivity contribution < 1.29 is 4.74 Å². The van der Waals surface area contributed by atoms with Gasteiger partial charge in [0.25, 0.3) is 0 Å². The lowest BCUT2D eigenvalue weighted by Crippen LogP contribution is -2.42. The van der Waals surface area contributed by atoms with Gasteiger partial charge in [-0.1, -0.05) is 0 Å². The van der Waals surface area contributed by atoms with Crippen molar-refractivity contribution in [2.75, 3.05) is 57.4 Å². The van der Waals surface area contributed by atoms with E-state index >= 15 is 0 Å². The van der Waals surface area contributed by atoms with Gasteiger partial charge in [-0.15, -0.1) is 0 Å². The quantitative estimate of drug-likeness (QED) is 0.751. The van der Waals surface area contributed by atoms with Crippen LogP contribution < -0.4 is 10.2 Å². The Hall–Kier alpha value is -1.48. The molecule has 0 aliphatic carbocycles. The van der Waals surface area contributed by atoms with E-state index in [1.54, 1.807) is 0 Å². The summed E-state index contributed by atoms with van der Waals surface area (Å²) in [5.41, 5.74) is 1.60. The van der Waals surface area contributed by atoms with Crippen molar-refractivity contribution in [2.24, 2.45) is 7.05 Å². The molecule has 0 N–H and O–H groups in total. The first-order valence-corrected chi connectivity index (χ1v) is 9.13. The minimum atomic E-state index is 0.200. The van der Waals surface area contributed by atoms with E-state index < -0.39 is 0 Å². The van der Waals surface area contributed by atoms with Crippen LogP contribution in [0.4, 0.5) is 5.82 Å². The van der Waals surface area contributed by atoms with Crippen LogP contribution in [0.1, 0.15) is 18.8 Å². The summed E-state index contributed by atoms with van der Waals surface area (Å²) in [5, 5.41) is 4.69. The van der Waals surface area contributed by atoms with Crippen molar-refractivity contribution in [3.63, 3.8) is 0 Å². The van der Waals surface area contributed by atoms with E-state index in [-0.39, 0.29) is 11.3 Å². The first-order chi connectivity index (χ1) is 12.1. The smallest absolute Gasteiger partial charge is 0.226 e. The molecule has 2 aromatic heterocycles. The van der Waals surface area contributed by atoms with Crippen molar-refractivity contribution in [3.05, 3.63) is 11.1 Å². The van der Waals surface area contributed by atoms with Gasteiger partial charge in [0, 0.05) is 46.3 Å². The molecule has 1 unspecified atom stereocenters. The third kappa shape index (κ3) is 3.19. The minimum Gasteiger partial charge on any atom is -0.378 e. The van der Waals surface area contributed by atoms with E-state index in [1.807, 2.05) is 11.6 Å². The largest absolute Gasteiger partial charge is 0.378 e. The number of aryl methyl sites for hydroxylation is 1. The predicted octanol–water partition coefficient (Wildman–Crippen LogP) is 0.834. The van der Waals surface area contributed by atoms with Gasteiger partial charge in [0.05, 0.1) is 19.3 Å². The fourth-order valence-corrected chi connectivity index (χ4v) is 3.74. The SMILES string of the molecule is CC(c1nc2c(N3CCOCC3)nc(Cl)nc2n1C)N1CC[N]CC1. The molecule has 0 bridgehead atoms. The van der Waals surface area contributed by atoms with E-state index in [4.69, 9.17) is 21.3 Å². The van der Waals surface area contributed by atoms with Gasteiger partial charge in [0.15, 0.2) is 17.0 Å². The number of nitrogens with zero attached hydrogens (tertiary/aromatic N) is 7. The number of ether oxygens (including phenoxy) is 1. The molecule has 2 aliphatic heterocycles. The van der Waals surface area contributed by atoms with Gasteiger partial charge >= 0.3 is 0 Å². The number of fused-ring (bicyclic) bond motifs is 1. The van der Waals surface area contributed by atoms with E-state index in [0.717, 1.165) is 62.1 Å². The average Bonchev–Trinajstić information content (AvgIpc) is 2.98. The lowest BCUT2D eigenvalue weighted by molar-refractivity contribution is 0.122. The van der Waals surface area contributed by atoms with Gasteiger partial charge in [-0.3, -0.25) is 4.90 Å². The first-order valence-electron chi connectivity index (χ1n) is 8.75. The predicted molar refractivity (Wildman–Crippen MR) is 96.2 cm³/mol. The molecule has 2 saturated heterocycles. The molecular weight excluding hydrogens is 342 g/mol. The Labute approximate surface area is 152 Å². The summed E-state index contributed by atoms with van der Waals surface area (Å²) in [6.45, 7) is 8.86. The number of halogens is 1. The maximum absolute atomic E-state index is 6.21. The third-order valence-corrected chi connectivity index (χ3v) is 5.20. The summed E-state index contributed by atoms with van der Waals surface area (Å²) in [7, 11) is 2.00. The topological polar surface area (TPSA) is 73.4 Å². The van der Waals surface area contributed by atoms with E-state index in [1.165, 1.54) is 0 Å². The molecule has 0 amide bonds. The molecule has 2 fully saturated rings. The van der Waals surface area contributed by atoms with Crippen LogP contribution in [-0.4, -0.2) is 76.9 Å². The second-order valence-electron chi connectivity index (χ2n) is 6.50. The molecule has 2 aromatic rings. The van der Waals surface area contributed by atoms with Crippen LogP contribution in [-0.2, 0) is 11.8 Å². The highest BCUT2D eigenvalue weighted by molar-refractivity contribution is 6.28. The monoisotopic (exact) mass is 364 g/mol. The number of piperazine rings is 1. The number of hydrogen-bond donors (Lipinski definition) is 0. The van der Waals surface area contributed by atoms with Gasteiger partial charge in [0.2, 0.25) is 5.28 Å². The van der Waals surface area contributed by atoms with Crippen molar-refractivity contribution in [3.8, 4) is 0 Å². The highest BCUT2D eigenvalue weighted by Gasteiger charge is 2.26. The van der Waals surface area contributed by atoms with Crippen molar-refractivity contribution in [1.29, 1.82) is 0 Å². The van der Waals surface area contributed by atoms with Crippen LogP contribution in [0.15, 0.2) is 0 Å². The summed E-state index contributed by atoms with van der Waals surface area (Å²) in [4.78, 5) is 18.4. The molecule has 0 saturated carbocycles. The lowest BCUT2D eigenvalue weighted by atomic mass is 10.2. The zero-order valence-electron chi connectivity index (χ0n) is 14.7. The third-order valence-electron chi connectivity index (χ3n) is 5.03. The average molecular weight is 365 g/mol. The van der Waals surface area contributed by atoms with E-state index in [9.17, 15) is 0 Å². The van der Waals surface area contributed by atoms with E-state index in [0.29, 0.717) is 13.2 Å². The molecule has 0 aromatic carbocycles. The van der Waals surface area contributed by atoms with Crippen LogP contribution in [0.3, 0.4) is 0 Å². The molecule has 4 heterocycles. The standard InChI is InChI=1S/C16H23ClN7O/c1-11(23-5-3-18-4-6-23)13-19-12-14(22(13)2)20-16(17)21-15(12)24-7-9-25-10-8-24/h11H,3-10H2,1-2H3. The Balaban J connectivity index is 1.75. The maximum Gasteiger partial charge on any atom is 0.226 e. The molecule has 0 spiro atoms. The molecule has 8 nitrogen and oxygen atoms in total. The molecule has 135 valence electrons. The summed E-state index contributed by atoms with van der Waals surface area (Å²) < 4.78 is 7.50. The number of morpholine rings is 1. The van der Waals surface area contributed by atoms with Crippen molar-refractivity contribution in [1.82, 2.24) is 29.7 Å². The van der Waals surface area contributed by atoms with E-state index in [2.05, 4.69) is 32.0 Å². The van der Waals surface area contributed by atoms with Crippen LogP contribution >= 0.6 is 11.6 Å². The van der Waals surface area contributed by atoms with Crippen LogP contribution in [0.25, 0.3) is 11.2 Å². The Bertz CT molecular complexity index is 753. The number of imidazole rings is 1. The number of anilines is 1. The van der Waals surface area contributed by atoms with Gasteiger partial charge in [-0.2, -0.15) is 9.97 Å². The zero-order chi connectivity index (χ0) is 17.4.